The van der Waals surface area contributed by atoms with Gasteiger partial charge in [-0.1, -0.05) is 23.2 Å². The standard InChI is InChI=1S/C12H8BrCl2NO/c1-7-4-8(13)6-16-12(7)17-9-2-3-10(14)11(15)5-9/h2-6H,1H3. The first-order valence-electron chi connectivity index (χ1n) is 4.81. The minimum atomic E-state index is 0.457. The molecule has 0 saturated carbocycles. The van der Waals surface area contributed by atoms with E-state index >= 15 is 0 Å². The number of nitrogens with zero attached hydrogens (tertiary/aromatic N) is 1. The molecular weight excluding hydrogens is 325 g/mol. The summed E-state index contributed by atoms with van der Waals surface area (Å²) < 4.78 is 6.54. The second kappa shape index (κ2) is 5.25. The van der Waals surface area contributed by atoms with Crippen molar-refractivity contribution in [1.82, 2.24) is 4.98 Å². The van der Waals surface area contributed by atoms with Crippen LogP contribution in [0.15, 0.2) is 34.9 Å². The Kier molecular flexibility index (Phi) is 3.92. The number of aryl methyl sites for hydroxylation is 1. The highest BCUT2D eigenvalue weighted by Gasteiger charge is 2.05. The normalized spacial score (nSPS) is 10.4. The van der Waals surface area contributed by atoms with Crippen LogP contribution in [0.4, 0.5) is 0 Å². The third-order valence-corrected chi connectivity index (χ3v) is 3.28. The van der Waals surface area contributed by atoms with E-state index in [9.17, 15) is 0 Å². The monoisotopic (exact) mass is 331 g/mol. The van der Waals surface area contributed by atoms with Gasteiger partial charge in [0.2, 0.25) is 5.88 Å². The van der Waals surface area contributed by atoms with Crippen molar-refractivity contribution in [2.24, 2.45) is 0 Å². The molecule has 0 aliphatic heterocycles. The van der Waals surface area contributed by atoms with E-state index in [4.69, 9.17) is 27.9 Å². The van der Waals surface area contributed by atoms with E-state index in [0.717, 1.165) is 10.0 Å². The number of ether oxygens (including phenoxy) is 1. The predicted octanol–water partition coefficient (Wildman–Crippen LogP) is 5.25. The lowest BCUT2D eigenvalue weighted by atomic mass is 10.3. The van der Waals surface area contributed by atoms with Crippen LogP contribution in [0.2, 0.25) is 10.0 Å². The van der Waals surface area contributed by atoms with Gasteiger partial charge in [-0.2, -0.15) is 0 Å². The number of pyridine rings is 1. The lowest BCUT2D eigenvalue weighted by Gasteiger charge is -2.08. The molecule has 5 heteroatoms. The maximum atomic E-state index is 5.91. The van der Waals surface area contributed by atoms with E-state index in [-0.39, 0.29) is 0 Å². The SMILES string of the molecule is Cc1cc(Br)cnc1Oc1ccc(Cl)c(Cl)c1. The van der Waals surface area contributed by atoms with Crippen molar-refractivity contribution in [3.05, 3.63) is 50.5 Å². The van der Waals surface area contributed by atoms with E-state index in [1.54, 1.807) is 24.4 Å². The molecule has 2 nitrogen and oxygen atoms in total. The third-order valence-electron chi connectivity index (χ3n) is 2.10. The summed E-state index contributed by atoms with van der Waals surface area (Å²) in [6.07, 6.45) is 1.68. The summed E-state index contributed by atoms with van der Waals surface area (Å²) in [5, 5.41) is 0.957. The molecule has 1 aromatic heterocycles. The highest BCUT2D eigenvalue weighted by atomic mass is 79.9. The van der Waals surface area contributed by atoms with Crippen molar-refractivity contribution in [3.8, 4) is 11.6 Å². The van der Waals surface area contributed by atoms with Crippen LogP contribution in [0.1, 0.15) is 5.56 Å². The van der Waals surface area contributed by atoms with Crippen molar-refractivity contribution in [3.63, 3.8) is 0 Å². The minimum Gasteiger partial charge on any atom is -0.439 e. The molecule has 88 valence electrons. The summed E-state index contributed by atoms with van der Waals surface area (Å²) in [5.41, 5.74) is 0.936. The number of hydrogen-bond acceptors (Lipinski definition) is 2. The van der Waals surface area contributed by atoms with E-state index in [0.29, 0.717) is 21.7 Å². The zero-order valence-electron chi connectivity index (χ0n) is 8.88. The zero-order valence-corrected chi connectivity index (χ0v) is 12.0. The molecular formula is C12H8BrCl2NO. The number of aromatic nitrogens is 1. The lowest BCUT2D eigenvalue weighted by molar-refractivity contribution is 0.459. The Morgan fingerprint density at radius 2 is 1.94 bits per heavy atom. The largest absolute Gasteiger partial charge is 0.439 e. The van der Waals surface area contributed by atoms with Crippen molar-refractivity contribution >= 4 is 39.1 Å². The van der Waals surface area contributed by atoms with E-state index in [1.807, 2.05) is 13.0 Å². The molecule has 17 heavy (non-hydrogen) atoms. The molecule has 0 radical (unpaired) electrons. The van der Waals surface area contributed by atoms with Crippen LogP contribution in [0.3, 0.4) is 0 Å². The van der Waals surface area contributed by atoms with Crippen molar-refractivity contribution in [2.75, 3.05) is 0 Å². The first-order valence-corrected chi connectivity index (χ1v) is 6.36. The number of hydrogen-bond donors (Lipinski definition) is 0. The first kappa shape index (κ1) is 12.7. The molecule has 2 rings (SSSR count). The zero-order chi connectivity index (χ0) is 12.4. The summed E-state index contributed by atoms with van der Waals surface area (Å²) >= 11 is 15.1. The van der Waals surface area contributed by atoms with Crippen LogP contribution in [-0.4, -0.2) is 4.98 Å². The van der Waals surface area contributed by atoms with Gasteiger partial charge in [-0.15, -0.1) is 0 Å². The summed E-state index contributed by atoms with van der Waals surface area (Å²) in [5.74, 6) is 1.16. The van der Waals surface area contributed by atoms with Gasteiger partial charge in [0.25, 0.3) is 0 Å². The summed E-state index contributed by atoms with van der Waals surface area (Å²) in [6, 6.07) is 7.03. The van der Waals surface area contributed by atoms with Gasteiger partial charge in [0.15, 0.2) is 0 Å². The Hall–Kier alpha value is -0.770. The number of halogens is 3. The highest BCUT2D eigenvalue weighted by Crippen LogP contribution is 2.30. The predicted molar refractivity (Wildman–Crippen MR) is 73.2 cm³/mol. The van der Waals surface area contributed by atoms with Crippen LogP contribution in [0, 0.1) is 6.92 Å². The van der Waals surface area contributed by atoms with Gasteiger partial charge in [0.05, 0.1) is 10.0 Å². The Balaban J connectivity index is 2.28. The van der Waals surface area contributed by atoms with Crippen LogP contribution in [-0.2, 0) is 0 Å². The second-order valence-electron chi connectivity index (χ2n) is 3.45. The van der Waals surface area contributed by atoms with Gasteiger partial charge >= 0.3 is 0 Å². The van der Waals surface area contributed by atoms with Crippen LogP contribution >= 0.6 is 39.1 Å². The average molecular weight is 333 g/mol. The van der Waals surface area contributed by atoms with Gasteiger partial charge in [0, 0.05) is 22.3 Å². The second-order valence-corrected chi connectivity index (χ2v) is 5.18. The van der Waals surface area contributed by atoms with Gasteiger partial charge in [-0.25, -0.2) is 4.98 Å². The molecule has 0 atom stereocenters. The molecule has 0 amide bonds. The average Bonchev–Trinajstić information content (AvgIpc) is 2.27. The molecule has 0 aliphatic rings. The Morgan fingerprint density at radius 3 is 2.59 bits per heavy atom. The fourth-order valence-electron chi connectivity index (χ4n) is 1.29. The first-order chi connectivity index (χ1) is 8.06. The molecule has 0 N–H and O–H groups in total. The fraction of sp³-hybridized carbons (Fsp3) is 0.0833. The summed E-state index contributed by atoms with van der Waals surface area (Å²) in [6.45, 7) is 1.92. The maximum absolute atomic E-state index is 5.91. The summed E-state index contributed by atoms with van der Waals surface area (Å²) in [7, 11) is 0. The van der Waals surface area contributed by atoms with Gasteiger partial charge in [-0.05, 0) is 41.1 Å². The molecule has 2 aromatic rings. The molecule has 0 unspecified atom stereocenters. The summed E-state index contributed by atoms with van der Waals surface area (Å²) in [4.78, 5) is 4.18. The number of benzene rings is 1. The molecule has 0 aliphatic carbocycles. The quantitative estimate of drug-likeness (QED) is 0.749. The lowest BCUT2D eigenvalue weighted by Crippen LogP contribution is -1.91. The van der Waals surface area contributed by atoms with Crippen LogP contribution < -0.4 is 4.74 Å². The van der Waals surface area contributed by atoms with Gasteiger partial charge < -0.3 is 4.74 Å². The minimum absolute atomic E-state index is 0.457. The molecule has 0 saturated heterocycles. The fourth-order valence-corrected chi connectivity index (χ4v) is 2.02. The maximum Gasteiger partial charge on any atom is 0.222 e. The third kappa shape index (κ3) is 3.12. The molecule has 1 heterocycles. The topological polar surface area (TPSA) is 22.1 Å². The van der Waals surface area contributed by atoms with Crippen molar-refractivity contribution in [2.45, 2.75) is 6.92 Å². The highest BCUT2D eigenvalue weighted by molar-refractivity contribution is 9.10. The Labute approximate surface area is 118 Å². The van der Waals surface area contributed by atoms with Crippen LogP contribution in [0.5, 0.6) is 11.6 Å². The molecule has 0 spiro atoms. The Morgan fingerprint density at radius 1 is 1.18 bits per heavy atom. The Bertz CT molecular complexity index is 560. The van der Waals surface area contributed by atoms with Gasteiger partial charge in [0.1, 0.15) is 5.75 Å². The molecule has 0 fully saturated rings. The number of rotatable bonds is 2. The van der Waals surface area contributed by atoms with E-state index in [2.05, 4.69) is 20.9 Å². The van der Waals surface area contributed by atoms with E-state index < -0.39 is 0 Å². The van der Waals surface area contributed by atoms with Crippen molar-refractivity contribution < 1.29 is 4.74 Å². The van der Waals surface area contributed by atoms with Gasteiger partial charge in [-0.3, -0.25) is 0 Å². The van der Waals surface area contributed by atoms with Crippen molar-refractivity contribution in [1.29, 1.82) is 0 Å². The molecule has 1 aromatic carbocycles. The smallest absolute Gasteiger partial charge is 0.222 e. The molecule has 0 bridgehead atoms. The van der Waals surface area contributed by atoms with Crippen LogP contribution in [0.25, 0.3) is 0 Å². The van der Waals surface area contributed by atoms with E-state index in [1.165, 1.54) is 0 Å².